The summed E-state index contributed by atoms with van der Waals surface area (Å²) >= 11 is 9.25. The molecule has 2 aromatic rings. The highest BCUT2D eigenvalue weighted by Gasteiger charge is 2.16. The van der Waals surface area contributed by atoms with E-state index in [9.17, 15) is 4.79 Å². The van der Waals surface area contributed by atoms with E-state index in [4.69, 9.17) is 11.6 Å². The molecule has 0 aliphatic heterocycles. The molecule has 0 saturated heterocycles. The average molecular weight is 290 g/mol. The molecule has 0 amide bonds. The summed E-state index contributed by atoms with van der Waals surface area (Å²) in [4.78, 5) is 11.4. The number of halogens is 2. The van der Waals surface area contributed by atoms with Gasteiger partial charge in [-0.1, -0.05) is 11.6 Å². The van der Waals surface area contributed by atoms with Crippen LogP contribution in [0, 0.1) is 0 Å². The van der Waals surface area contributed by atoms with Crippen molar-refractivity contribution in [3.05, 3.63) is 33.5 Å². The molecule has 0 unspecified atom stereocenters. The van der Waals surface area contributed by atoms with Gasteiger partial charge in [0.25, 0.3) is 0 Å². The molecule has 0 N–H and O–H groups in total. The molecule has 6 heteroatoms. The average Bonchev–Trinajstić information content (AvgIpc) is 2.68. The summed E-state index contributed by atoms with van der Waals surface area (Å²) in [7, 11) is 1.32. The van der Waals surface area contributed by atoms with Gasteiger partial charge < -0.3 is 4.74 Å². The molecule has 0 bridgehead atoms. The van der Waals surface area contributed by atoms with Crippen LogP contribution in [0.2, 0.25) is 5.15 Å². The Labute approximate surface area is 98.9 Å². The lowest BCUT2D eigenvalue weighted by Crippen LogP contribution is -2.01. The molecule has 0 atom stereocenters. The highest BCUT2D eigenvalue weighted by atomic mass is 79.9. The monoisotopic (exact) mass is 288 g/mol. The van der Waals surface area contributed by atoms with Gasteiger partial charge >= 0.3 is 5.97 Å². The van der Waals surface area contributed by atoms with Crippen molar-refractivity contribution in [2.45, 2.75) is 0 Å². The summed E-state index contributed by atoms with van der Waals surface area (Å²) in [5.74, 6) is -0.437. The maximum Gasteiger partial charge on any atom is 0.341 e. The van der Waals surface area contributed by atoms with Crippen LogP contribution in [0.4, 0.5) is 0 Å². The van der Waals surface area contributed by atoms with Crippen molar-refractivity contribution in [2.24, 2.45) is 0 Å². The molecule has 4 nitrogen and oxygen atoms in total. The predicted molar refractivity (Wildman–Crippen MR) is 59.2 cm³/mol. The fourth-order valence-electron chi connectivity index (χ4n) is 1.29. The van der Waals surface area contributed by atoms with Crippen LogP contribution in [0.3, 0.4) is 0 Å². The molecule has 78 valence electrons. The highest BCUT2D eigenvalue weighted by Crippen LogP contribution is 2.25. The van der Waals surface area contributed by atoms with Crippen molar-refractivity contribution in [2.75, 3.05) is 7.11 Å². The number of carbonyl (C=O) groups is 1. The largest absolute Gasteiger partial charge is 0.465 e. The normalized spacial score (nSPS) is 10.6. The topological polar surface area (TPSA) is 43.6 Å². The molecule has 0 radical (unpaired) electrons. The van der Waals surface area contributed by atoms with Crippen molar-refractivity contribution in [3.8, 4) is 0 Å². The second kappa shape index (κ2) is 3.83. The Hall–Kier alpha value is -1.07. The molecular weight excluding hydrogens is 283 g/mol. The van der Waals surface area contributed by atoms with Gasteiger partial charge in [0.2, 0.25) is 0 Å². The van der Waals surface area contributed by atoms with Gasteiger partial charge in [0.05, 0.1) is 18.8 Å². The van der Waals surface area contributed by atoms with Crippen LogP contribution in [-0.2, 0) is 4.74 Å². The summed E-state index contributed by atoms with van der Waals surface area (Å²) in [5, 5.41) is 4.44. The molecule has 2 rings (SSSR count). The molecule has 0 aliphatic carbocycles. The number of hydrogen-bond donors (Lipinski definition) is 0. The van der Waals surface area contributed by atoms with Gasteiger partial charge in [0.1, 0.15) is 10.7 Å². The number of aromatic nitrogens is 2. The third-order valence-electron chi connectivity index (χ3n) is 1.97. The molecule has 0 spiro atoms. The maximum absolute atomic E-state index is 11.4. The molecule has 0 fully saturated rings. The molecule has 15 heavy (non-hydrogen) atoms. The highest BCUT2D eigenvalue weighted by molar-refractivity contribution is 9.10. The summed E-state index contributed by atoms with van der Waals surface area (Å²) in [6, 6.07) is 3.44. The fourth-order valence-corrected chi connectivity index (χ4v) is 2.00. The number of pyridine rings is 1. The van der Waals surface area contributed by atoms with Gasteiger partial charge in [-0.3, -0.25) is 0 Å². The Morgan fingerprint density at radius 2 is 2.33 bits per heavy atom. The van der Waals surface area contributed by atoms with E-state index < -0.39 is 5.97 Å². The van der Waals surface area contributed by atoms with Crippen molar-refractivity contribution in [1.82, 2.24) is 9.61 Å². The fraction of sp³-hybridized carbons (Fsp3) is 0.111. The minimum absolute atomic E-state index is 0.381. The lowest BCUT2D eigenvalue weighted by molar-refractivity contribution is 0.0603. The Bertz CT molecular complexity index is 538. The number of ether oxygens (including phenoxy) is 1. The van der Waals surface area contributed by atoms with Gasteiger partial charge in [-0.15, -0.1) is 0 Å². The van der Waals surface area contributed by atoms with Gasteiger partial charge in [0.15, 0.2) is 0 Å². The van der Waals surface area contributed by atoms with Crippen molar-refractivity contribution >= 4 is 39.0 Å². The third kappa shape index (κ3) is 1.61. The van der Waals surface area contributed by atoms with Crippen molar-refractivity contribution in [3.63, 3.8) is 0 Å². The summed E-state index contributed by atoms with van der Waals surface area (Å²) < 4.78 is 6.85. The first-order chi connectivity index (χ1) is 7.15. The molecular formula is C9H6BrClN2O2. The van der Waals surface area contributed by atoms with Crippen LogP contribution in [0.15, 0.2) is 22.8 Å². The van der Waals surface area contributed by atoms with E-state index in [1.165, 1.54) is 17.8 Å². The number of fused-ring (bicyclic) bond motifs is 1. The zero-order valence-corrected chi connectivity index (χ0v) is 10.0. The molecule has 2 aromatic heterocycles. The van der Waals surface area contributed by atoms with E-state index in [0.717, 1.165) is 4.47 Å². The minimum Gasteiger partial charge on any atom is -0.465 e. The van der Waals surface area contributed by atoms with Gasteiger partial charge in [-0.2, -0.15) is 5.10 Å². The first kappa shape index (κ1) is 10.4. The van der Waals surface area contributed by atoms with E-state index in [2.05, 4.69) is 25.8 Å². The number of nitrogens with zero attached hydrogens (tertiary/aromatic N) is 2. The summed E-state index contributed by atoms with van der Waals surface area (Å²) in [6.45, 7) is 0. The number of esters is 1. The van der Waals surface area contributed by atoms with Crippen LogP contribution in [0.25, 0.3) is 5.52 Å². The molecule has 0 aromatic carbocycles. The van der Waals surface area contributed by atoms with E-state index in [0.29, 0.717) is 16.2 Å². The zero-order chi connectivity index (χ0) is 11.0. The quantitative estimate of drug-likeness (QED) is 0.598. The van der Waals surface area contributed by atoms with Crippen molar-refractivity contribution in [1.29, 1.82) is 0 Å². The molecule has 0 aliphatic rings. The van der Waals surface area contributed by atoms with Crippen LogP contribution < -0.4 is 0 Å². The Kier molecular flexibility index (Phi) is 2.67. The van der Waals surface area contributed by atoms with E-state index >= 15 is 0 Å². The van der Waals surface area contributed by atoms with Gasteiger partial charge in [-0.25, -0.2) is 9.31 Å². The molecule has 2 heterocycles. The lowest BCUT2D eigenvalue weighted by Gasteiger charge is -2.01. The summed E-state index contributed by atoms with van der Waals surface area (Å²) in [6.07, 6.45) is 1.43. The van der Waals surface area contributed by atoms with E-state index in [1.54, 1.807) is 12.1 Å². The van der Waals surface area contributed by atoms with Gasteiger partial charge in [-0.05, 0) is 28.1 Å². The zero-order valence-electron chi connectivity index (χ0n) is 7.70. The maximum atomic E-state index is 11.4. The van der Waals surface area contributed by atoms with Crippen LogP contribution in [0.5, 0.6) is 0 Å². The summed E-state index contributed by atoms with van der Waals surface area (Å²) in [5.41, 5.74) is 0.987. The van der Waals surface area contributed by atoms with Crippen LogP contribution >= 0.6 is 27.5 Å². The molecule has 0 saturated carbocycles. The lowest BCUT2D eigenvalue weighted by atomic mass is 10.3. The number of methoxy groups -OCH3 is 1. The van der Waals surface area contributed by atoms with Crippen molar-refractivity contribution < 1.29 is 9.53 Å². The number of rotatable bonds is 1. The standard InChI is InChI=1S/C9H6BrClN2O2/c1-15-9(14)5-4-12-13-7(11)3-2-6(10)8(5)13/h2-4H,1H3. The van der Waals surface area contributed by atoms with Crippen LogP contribution in [0.1, 0.15) is 10.4 Å². The smallest absolute Gasteiger partial charge is 0.341 e. The SMILES string of the molecule is COC(=O)c1cnn2c(Cl)ccc(Br)c12. The Morgan fingerprint density at radius 1 is 1.60 bits per heavy atom. The van der Waals surface area contributed by atoms with Crippen LogP contribution in [-0.4, -0.2) is 22.7 Å². The number of carbonyl (C=O) groups excluding carboxylic acids is 1. The minimum atomic E-state index is -0.437. The third-order valence-corrected chi connectivity index (χ3v) is 2.90. The second-order valence-corrected chi connectivity index (χ2v) is 4.06. The predicted octanol–water partition coefficient (Wildman–Crippen LogP) is 2.54. The van der Waals surface area contributed by atoms with Gasteiger partial charge in [0, 0.05) is 4.47 Å². The first-order valence-electron chi connectivity index (χ1n) is 4.05. The number of hydrogen-bond acceptors (Lipinski definition) is 3. The van der Waals surface area contributed by atoms with E-state index in [1.807, 2.05) is 0 Å². The Morgan fingerprint density at radius 3 is 3.00 bits per heavy atom. The second-order valence-electron chi connectivity index (χ2n) is 2.81. The first-order valence-corrected chi connectivity index (χ1v) is 5.22. The van der Waals surface area contributed by atoms with E-state index in [-0.39, 0.29) is 0 Å². The Balaban J connectivity index is 2.79.